The predicted molar refractivity (Wildman–Crippen MR) is 117 cm³/mol. The Kier molecular flexibility index (Phi) is 6.04. The van der Waals surface area contributed by atoms with Gasteiger partial charge in [-0.2, -0.15) is 5.10 Å². The van der Waals surface area contributed by atoms with E-state index in [1.54, 1.807) is 23.9 Å². The van der Waals surface area contributed by atoms with Crippen LogP contribution in [0.4, 0.5) is 4.39 Å². The Bertz CT molecular complexity index is 1050. The van der Waals surface area contributed by atoms with Crippen molar-refractivity contribution in [3.8, 4) is 11.4 Å². The topological polar surface area (TPSA) is 50.6 Å². The number of aromatic nitrogens is 2. The lowest BCUT2D eigenvalue weighted by atomic mass is 10.1. The highest BCUT2D eigenvalue weighted by atomic mass is 19.1. The summed E-state index contributed by atoms with van der Waals surface area (Å²) in [4.78, 5) is 17.5. The minimum atomic E-state index is -0.297. The molecule has 162 valence electrons. The number of nitrogens with zero attached hydrogens (tertiary/aromatic N) is 4. The first-order valence-corrected chi connectivity index (χ1v) is 10.4. The fourth-order valence-electron chi connectivity index (χ4n) is 4.04. The summed E-state index contributed by atoms with van der Waals surface area (Å²) in [5.41, 5.74) is 4.06. The third kappa shape index (κ3) is 4.46. The van der Waals surface area contributed by atoms with Crippen LogP contribution in [-0.4, -0.2) is 58.8 Å². The molecule has 1 amide bonds. The first-order chi connectivity index (χ1) is 15.0. The Morgan fingerprint density at radius 3 is 2.26 bits per heavy atom. The van der Waals surface area contributed by atoms with Gasteiger partial charge >= 0.3 is 0 Å². The van der Waals surface area contributed by atoms with Crippen LogP contribution < -0.4 is 4.74 Å². The maximum Gasteiger partial charge on any atom is 0.257 e. The molecule has 0 N–H and O–H groups in total. The van der Waals surface area contributed by atoms with Gasteiger partial charge in [0.1, 0.15) is 11.6 Å². The van der Waals surface area contributed by atoms with E-state index >= 15 is 0 Å². The van der Waals surface area contributed by atoms with Crippen LogP contribution in [-0.2, 0) is 6.54 Å². The maximum atomic E-state index is 13.3. The number of benzene rings is 2. The third-order valence-corrected chi connectivity index (χ3v) is 5.80. The number of hydrogen-bond acceptors (Lipinski definition) is 4. The molecule has 0 atom stereocenters. The number of amides is 1. The molecule has 1 aliphatic heterocycles. The molecule has 6 nitrogen and oxygen atoms in total. The lowest BCUT2D eigenvalue weighted by molar-refractivity contribution is 0.0627. The SMILES string of the molecule is COc1ccc(CN2CCN(C(=O)c3c(C)nn(-c4ccc(F)cc4)c3C)CC2)cc1. The zero-order chi connectivity index (χ0) is 22.0. The number of carbonyl (C=O) groups is 1. The number of ether oxygens (including phenoxy) is 1. The largest absolute Gasteiger partial charge is 0.497 e. The van der Waals surface area contributed by atoms with E-state index in [0.717, 1.165) is 36.8 Å². The van der Waals surface area contributed by atoms with Crippen molar-refractivity contribution in [3.63, 3.8) is 0 Å². The van der Waals surface area contributed by atoms with Crippen LogP contribution in [0.3, 0.4) is 0 Å². The molecule has 7 heteroatoms. The van der Waals surface area contributed by atoms with Crippen LogP contribution in [0.25, 0.3) is 5.69 Å². The second-order valence-corrected chi connectivity index (χ2v) is 7.85. The standard InChI is InChI=1S/C24H27FN4O2/c1-17-23(18(2)29(26-17)21-8-6-20(25)7-9-21)24(30)28-14-12-27(13-15-28)16-19-4-10-22(31-3)11-5-19/h4-11H,12-16H2,1-3H3. The highest BCUT2D eigenvalue weighted by molar-refractivity contribution is 5.96. The van der Waals surface area contributed by atoms with Crippen molar-refractivity contribution in [1.29, 1.82) is 0 Å². The maximum absolute atomic E-state index is 13.3. The molecule has 0 aliphatic carbocycles. The molecule has 0 unspecified atom stereocenters. The average Bonchev–Trinajstić information content (AvgIpc) is 3.08. The Balaban J connectivity index is 1.42. The van der Waals surface area contributed by atoms with Crippen molar-refractivity contribution in [1.82, 2.24) is 19.6 Å². The Morgan fingerprint density at radius 1 is 1.00 bits per heavy atom. The summed E-state index contributed by atoms with van der Waals surface area (Å²) in [6, 6.07) is 14.2. The van der Waals surface area contributed by atoms with Crippen LogP contribution >= 0.6 is 0 Å². The van der Waals surface area contributed by atoms with Gasteiger partial charge in [0.25, 0.3) is 5.91 Å². The highest BCUT2D eigenvalue weighted by Crippen LogP contribution is 2.21. The highest BCUT2D eigenvalue weighted by Gasteiger charge is 2.27. The van der Waals surface area contributed by atoms with Crippen LogP contribution in [0.1, 0.15) is 27.3 Å². The average molecular weight is 423 g/mol. The molecular formula is C24H27FN4O2. The fraction of sp³-hybridized carbons (Fsp3) is 0.333. The molecule has 1 saturated heterocycles. The normalized spacial score (nSPS) is 14.6. The third-order valence-electron chi connectivity index (χ3n) is 5.80. The molecule has 4 rings (SSSR count). The van der Waals surface area contributed by atoms with Gasteiger partial charge in [0.2, 0.25) is 0 Å². The van der Waals surface area contributed by atoms with E-state index in [1.807, 2.05) is 30.9 Å². The second-order valence-electron chi connectivity index (χ2n) is 7.85. The van der Waals surface area contributed by atoms with Gasteiger partial charge in [-0.1, -0.05) is 12.1 Å². The van der Waals surface area contributed by atoms with E-state index in [0.29, 0.717) is 24.3 Å². The first-order valence-electron chi connectivity index (χ1n) is 10.4. The van der Waals surface area contributed by atoms with Gasteiger partial charge in [0.05, 0.1) is 29.7 Å². The molecule has 0 radical (unpaired) electrons. The quantitative estimate of drug-likeness (QED) is 0.631. The minimum absolute atomic E-state index is 0.00691. The molecule has 1 aliphatic rings. The number of aryl methyl sites for hydroxylation is 1. The van der Waals surface area contributed by atoms with Gasteiger partial charge in [0, 0.05) is 32.7 Å². The number of carbonyl (C=O) groups excluding carboxylic acids is 1. The molecule has 0 saturated carbocycles. The Labute approximate surface area is 181 Å². The van der Waals surface area contributed by atoms with Gasteiger partial charge in [-0.15, -0.1) is 0 Å². The monoisotopic (exact) mass is 422 g/mol. The number of rotatable bonds is 5. The van der Waals surface area contributed by atoms with Crippen molar-refractivity contribution >= 4 is 5.91 Å². The molecule has 0 bridgehead atoms. The first kappa shape index (κ1) is 21.1. The Morgan fingerprint density at radius 2 is 1.65 bits per heavy atom. The molecule has 1 fully saturated rings. The van der Waals surface area contributed by atoms with Crippen molar-refractivity contribution in [3.05, 3.63) is 76.9 Å². The van der Waals surface area contributed by atoms with E-state index in [2.05, 4.69) is 22.1 Å². The molecule has 1 aromatic heterocycles. The molecule has 2 heterocycles. The van der Waals surface area contributed by atoms with Crippen LogP contribution in [0.15, 0.2) is 48.5 Å². The summed E-state index contributed by atoms with van der Waals surface area (Å²) in [5.74, 6) is 0.563. The van der Waals surface area contributed by atoms with Gasteiger partial charge < -0.3 is 9.64 Å². The zero-order valence-electron chi connectivity index (χ0n) is 18.1. The van der Waals surface area contributed by atoms with Crippen molar-refractivity contribution < 1.29 is 13.9 Å². The predicted octanol–water partition coefficient (Wildman–Crippen LogP) is 3.59. The Hall–Kier alpha value is -3.19. The summed E-state index contributed by atoms with van der Waals surface area (Å²) < 4.78 is 20.2. The van der Waals surface area contributed by atoms with Crippen LogP contribution in [0.5, 0.6) is 5.75 Å². The molecule has 31 heavy (non-hydrogen) atoms. The smallest absolute Gasteiger partial charge is 0.257 e. The minimum Gasteiger partial charge on any atom is -0.497 e. The summed E-state index contributed by atoms with van der Waals surface area (Å²) in [5, 5.41) is 4.54. The van der Waals surface area contributed by atoms with Crippen molar-refractivity contribution in [2.45, 2.75) is 20.4 Å². The van der Waals surface area contributed by atoms with E-state index in [9.17, 15) is 9.18 Å². The number of piperazine rings is 1. The molecule has 3 aromatic rings. The summed E-state index contributed by atoms with van der Waals surface area (Å²) in [6.07, 6.45) is 0. The van der Waals surface area contributed by atoms with Gasteiger partial charge in [0.15, 0.2) is 0 Å². The van der Waals surface area contributed by atoms with E-state index in [4.69, 9.17) is 4.74 Å². The zero-order valence-corrected chi connectivity index (χ0v) is 18.1. The molecular weight excluding hydrogens is 395 g/mol. The van der Waals surface area contributed by atoms with Crippen LogP contribution in [0, 0.1) is 19.7 Å². The lowest BCUT2D eigenvalue weighted by Gasteiger charge is -2.34. The summed E-state index contributed by atoms with van der Waals surface area (Å²) in [6.45, 7) is 7.58. The lowest BCUT2D eigenvalue weighted by Crippen LogP contribution is -2.48. The fourth-order valence-corrected chi connectivity index (χ4v) is 4.04. The molecule has 2 aromatic carbocycles. The van der Waals surface area contributed by atoms with Gasteiger partial charge in [-0.25, -0.2) is 9.07 Å². The van der Waals surface area contributed by atoms with E-state index in [1.165, 1.54) is 17.7 Å². The second kappa shape index (κ2) is 8.89. The van der Waals surface area contributed by atoms with Crippen molar-refractivity contribution in [2.75, 3.05) is 33.3 Å². The summed E-state index contributed by atoms with van der Waals surface area (Å²) >= 11 is 0. The van der Waals surface area contributed by atoms with Crippen molar-refractivity contribution in [2.24, 2.45) is 0 Å². The molecule has 0 spiro atoms. The van der Waals surface area contributed by atoms with E-state index in [-0.39, 0.29) is 11.7 Å². The number of hydrogen-bond donors (Lipinski definition) is 0. The van der Waals surface area contributed by atoms with E-state index < -0.39 is 0 Å². The van der Waals surface area contributed by atoms with Gasteiger partial charge in [-0.3, -0.25) is 9.69 Å². The number of halogens is 1. The summed E-state index contributed by atoms with van der Waals surface area (Å²) in [7, 11) is 1.66. The van der Waals surface area contributed by atoms with Crippen LogP contribution in [0.2, 0.25) is 0 Å². The number of methoxy groups -OCH3 is 1. The van der Waals surface area contributed by atoms with Gasteiger partial charge in [-0.05, 0) is 55.8 Å².